The van der Waals surface area contributed by atoms with E-state index in [9.17, 15) is 4.79 Å². The lowest BCUT2D eigenvalue weighted by Gasteiger charge is -1.98. The summed E-state index contributed by atoms with van der Waals surface area (Å²) in [5, 5.41) is 0. The first-order valence-corrected chi connectivity index (χ1v) is 5.76. The van der Waals surface area contributed by atoms with Gasteiger partial charge in [0.2, 0.25) is 5.78 Å². The van der Waals surface area contributed by atoms with E-state index < -0.39 is 0 Å². The number of aryl methyl sites for hydroxylation is 1. The molecule has 0 bridgehead atoms. The maximum Gasteiger partial charge on any atom is 0.325 e. The molecule has 0 atom stereocenters. The van der Waals surface area contributed by atoms with Gasteiger partial charge in [-0.2, -0.15) is 0 Å². The number of carbonyl (C=O) groups is 1. The van der Waals surface area contributed by atoms with Crippen molar-refractivity contribution in [2.24, 2.45) is 7.05 Å². The summed E-state index contributed by atoms with van der Waals surface area (Å²) in [6.45, 7) is 0.353. The van der Waals surface area contributed by atoms with Crippen molar-refractivity contribution in [1.29, 1.82) is 0 Å². The van der Waals surface area contributed by atoms with Crippen LogP contribution in [-0.4, -0.2) is 10.4 Å². The minimum Gasteiger partial charge on any atom is -0.290 e. The largest absolute Gasteiger partial charge is 0.325 e. The van der Waals surface area contributed by atoms with E-state index in [4.69, 9.17) is 0 Å². The van der Waals surface area contributed by atoms with Gasteiger partial charge >= 0.3 is 4.73 Å². The van der Waals surface area contributed by atoms with E-state index in [0.717, 1.165) is 10.3 Å². The molecule has 0 aliphatic carbocycles. The summed E-state index contributed by atoms with van der Waals surface area (Å²) in [5.74, 6) is 0.109. The molecule has 0 saturated carbocycles. The fourth-order valence-corrected chi connectivity index (χ4v) is 1.86. The van der Waals surface area contributed by atoms with Crippen LogP contribution in [-0.2, 0) is 13.6 Å². The van der Waals surface area contributed by atoms with Crippen molar-refractivity contribution in [1.82, 2.24) is 4.57 Å². The van der Waals surface area contributed by atoms with Gasteiger partial charge in [-0.15, -0.1) is 0 Å². The highest BCUT2D eigenvalue weighted by Crippen LogP contribution is 2.07. The molecule has 0 N–H and O–H groups in total. The molecule has 0 saturated heterocycles. The highest BCUT2D eigenvalue weighted by molar-refractivity contribution is 9.10. The van der Waals surface area contributed by atoms with E-state index in [-0.39, 0.29) is 5.78 Å². The summed E-state index contributed by atoms with van der Waals surface area (Å²) in [5.41, 5.74) is 0.741. The van der Waals surface area contributed by atoms with Crippen molar-refractivity contribution in [3.63, 3.8) is 0 Å². The quantitative estimate of drug-likeness (QED) is 0.623. The van der Waals surface area contributed by atoms with Gasteiger partial charge in [-0.05, 0) is 0 Å². The van der Waals surface area contributed by atoms with Gasteiger partial charge in [-0.1, -0.05) is 30.3 Å². The summed E-state index contributed by atoms with van der Waals surface area (Å²) in [6.07, 6.45) is 3.78. The molecule has 1 aromatic carbocycles. The van der Waals surface area contributed by atoms with E-state index in [1.807, 2.05) is 58.9 Å². The van der Waals surface area contributed by atoms with Crippen molar-refractivity contribution >= 4 is 21.7 Å². The summed E-state index contributed by atoms with van der Waals surface area (Å²) in [4.78, 5) is 11.9. The van der Waals surface area contributed by atoms with Gasteiger partial charge in [-0.25, -0.2) is 9.13 Å². The number of benzene rings is 1. The molecular weight excluding hydrogens is 268 g/mol. The second-order valence-electron chi connectivity index (χ2n) is 3.60. The van der Waals surface area contributed by atoms with Crippen LogP contribution >= 0.6 is 15.9 Å². The molecule has 1 aromatic heterocycles. The highest BCUT2D eigenvalue weighted by Gasteiger charge is 2.15. The van der Waals surface area contributed by atoms with Gasteiger partial charge in [0.1, 0.15) is 12.4 Å². The van der Waals surface area contributed by atoms with Gasteiger partial charge in [-0.3, -0.25) is 4.79 Å². The monoisotopic (exact) mass is 279 g/mol. The van der Waals surface area contributed by atoms with Crippen LogP contribution in [0.4, 0.5) is 0 Å². The predicted octanol–water partition coefficient (Wildman–Crippen LogP) is 1.96. The second kappa shape index (κ2) is 4.61. The molecule has 4 heteroatoms. The average molecular weight is 280 g/mol. The predicted molar refractivity (Wildman–Crippen MR) is 64.1 cm³/mol. The third-order valence-corrected chi connectivity index (χ3v) is 3.42. The van der Waals surface area contributed by atoms with E-state index in [2.05, 4.69) is 15.9 Å². The summed E-state index contributed by atoms with van der Waals surface area (Å²) >= 11 is 3.42. The normalized spacial score (nSPS) is 10.4. The summed E-state index contributed by atoms with van der Waals surface area (Å²) in [6, 6.07) is 9.32. The molecule has 82 valence electrons. The third-order valence-electron chi connectivity index (χ3n) is 2.41. The van der Waals surface area contributed by atoms with Crippen LogP contribution in [0.5, 0.6) is 0 Å². The Hall–Kier alpha value is -1.42. The van der Waals surface area contributed by atoms with Crippen molar-refractivity contribution in [2.75, 3.05) is 0 Å². The molecule has 0 amide bonds. The first kappa shape index (κ1) is 11.1. The number of hydrogen-bond donors (Lipinski definition) is 0. The Bertz CT molecular complexity index is 505. The molecule has 3 nitrogen and oxygen atoms in total. The lowest BCUT2D eigenvalue weighted by atomic mass is 10.1. The Morgan fingerprint density at radius 2 is 2.06 bits per heavy atom. The van der Waals surface area contributed by atoms with Crippen LogP contribution in [0, 0.1) is 0 Å². The maximum atomic E-state index is 11.9. The number of imidazole rings is 1. The molecular formula is C12H12BrN2O+. The zero-order valence-corrected chi connectivity index (χ0v) is 10.5. The molecule has 0 unspecified atom stereocenters. The van der Waals surface area contributed by atoms with Crippen molar-refractivity contribution in [3.8, 4) is 0 Å². The Morgan fingerprint density at radius 1 is 1.38 bits per heavy atom. The minimum atomic E-state index is 0.109. The van der Waals surface area contributed by atoms with Crippen LogP contribution in [0.25, 0.3) is 0 Å². The van der Waals surface area contributed by atoms with Crippen molar-refractivity contribution < 1.29 is 9.36 Å². The molecule has 2 rings (SSSR count). The van der Waals surface area contributed by atoms with Crippen LogP contribution < -0.4 is 4.57 Å². The number of rotatable bonds is 3. The zero-order valence-electron chi connectivity index (χ0n) is 8.93. The maximum absolute atomic E-state index is 11.9. The van der Waals surface area contributed by atoms with Gasteiger partial charge in [0.25, 0.3) is 0 Å². The number of halogens is 1. The molecule has 2 aromatic rings. The molecule has 0 radical (unpaired) electrons. The van der Waals surface area contributed by atoms with Crippen molar-refractivity contribution in [3.05, 3.63) is 53.0 Å². The molecule has 0 aliphatic rings. The number of carbonyl (C=O) groups excluding carboxylic acids is 1. The number of nitrogens with zero attached hydrogens (tertiary/aromatic N) is 2. The fourth-order valence-electron chi connectivity index (χ4n) is 1.49. The Labute approximate surface area is 102 Å². The highest BCUT2D eigenvalue weighted by atomic mass is 79.9. The van der Waals surface area contributed by atoms with Crippen LogP contribution in [0.1, 0.15) is 10.4 Å². The average Bonchev–Trinajstić information content (AvgIpc) is 2.62. The van der Waals surface area contributed by atoms with E-state index in [1.165, 1.54) is 0 Å². The van der Waals surface area contributed by atoms with Gasteiger partial charge in [0, 0.05) is 21.5 Å². The van der Waals surface area contributed by atoms with E-state index >= 15 is 0 Å². The van der Waals surface area contributed by atoms with Crippen molar-refractivity contribution in [2.45, 2.75) is 6.54 Å². The summed E-state index contributed by atoms with van der Waals surface area (Å²) in [7, 11) is 1.92. The lowest BCUT2D eigenvalue weighted by molar-refractivity contribution is -0.682. The fraction of sp³-hybridized carbons (Fsp3) is 0.167. The third kappa shape index (κ3) is 2.22. The van der Waals surface area contributed by atoms with E-state index in [0.29, 0.717) is 6.54 Å². The second-order valence-corrected chi connectivity index (χ2v) is 4.30. The van der Waals surface area contributed by atoms with Crippen LogP contribution in [0.2, 0.25) is 0 Å². The molecule has 0 fully saturated rings. The molecule has 1 heterocycles. The molecule has 0 spiro atoms. The SMILES string of the molecule is C[n+]1ccn(CC(=O)c2ccccc2)c1Br. The number of ketones is 1. The zero-order chi connectivity index (χ0) is 11.5. The number of hydrogen-bond acceptors (Lipinski definition) is 1. The minimum absolute atomic E-state index is 0.109. The lowest BCUT2D eigenvalue weighted by Crippen LogP contribution is -2.27. The molecule has 0 aliphatic heterocycles. The molecule has 16 heavy (non-hydrogen) atoms. The summed E-state index contributed by atoms with van der Waals surface area (Å²) < 4.78 is 4.67. The van der Waals surface area contributed by atoms with E-state index in [1.54, 1.807) is 0 Å². The van der Waals surface area contributed by atoms with Gasteiger partial charge in [0.05, 0.1) is 7.05 Å². The standard InChI is InChI=1S/C12H12BrN2O/c1-14-7-8-15(12(14)13)9-11(16)10-5-3-2-4-6-10/h2-8H,9H2,1H3/q+1. The number of aromatic nitrogens is 2. The Morgan fingerprint density at radius 3 is 2.62 bits per heavy atom. The van der Waals surface area contributed by atoms with Gasteiger partial charge in [0.15, 0.2) is 6.54 Å². The van der Waals surface area contributed by atoms with Gasteiger partial charge < -0.3 is 0 Å². The van der Waals surface area contributed by atoms with Crippen LogP contribution in [0.15, 0.2) is 47.5 Å². The smallest absolute Gasteiger partial charge is 0.290 e. The Balaban J connectivity index is 2.17. The van der Waals surface area contributed by atoms with Crippen LogP contribution in [0.3, 0.4) is 0 Å². The Kier molecular flexibility index (Phi) is 3.19. The number of Topliss-reactive ketones (excluding diaryl/α,β-unsaturated/α-hetero) is 1. The topological polar surface area (TPSA) is 25.9 Å². The first-order chi connectivity index (χ1) is 7.68. The first-order valence-electron chi connectivity index (χ1n) is 4.97.